The highest BCUT2D eigenvalue weighted by molar-refractivity contribution is 8.13. The van der Waals surface area contributed by atoms with Gasteiger partial charge in [-0.3, -0.25) is 0 Å². The Morgan fingerprint density at radius 2 is 1.50 bits per heavy atom. The summed E-state index contributed by atoms with van der Waals surface area (Å²) in [6.45, 7) is 3.11. The molecule has 2 aromatic rings. The van der Waals surface area contributed by atoms with Crippen molar-refractivity contribution < 1.29 is 0 Å². The van der Waals surface area contributed by atoms with Crippen molar-refractivity contribution in [3.63, 3.8) is 0 Å². The minimum absolute atomic E-state index is 0.614. The Labute approximate surface area is 174 Å². The molecule has 0 bridgehead atoms. The second-order valence-electron chi connectivity index (χ2n) is 5.98. The Balaban J connectivity index is 1.75. The highest BCUT2D eigenvalue weighted by atomic mass is 35.5. The molecule has 3 rings (SSSR count). The van der Waals surface area contributed by atoms with Crippen LogP contribution in [0.15, 0.2) is 53.5 Å². The first-order valence-electron chi connectivity index (χ1n) is 8.20. The molecule has 0 radical (unpaired) electrons. The monoisotopic (exact) mass is 423 g/mol. The van der Waals surface area contributed by atoms with Crippen LogP contribution in [-0.2, 0) is 13.1 Å². The third-order valence-electron chi connectivity index (χ3n) is 4.08. The van der Waals surface area contributed by atoms with Crippen molar-refractivity contribution in [2.45, 2.75) is 13.1 Å². The number of amidine groups is 1. The highest BCUT2D eigenvalue weighted by Gasteiger charge is 2.21. The number of hydrogen-bond acceptors (Lipinski definition) is 3. The SMILES string of the molecule is CSC1=NC(=S)N(Cc2cccc(Cl)c2)CCN1Cc1cccc(Cl)c1. The van der Waals surface area contributed by atoms with Crippen LogP contribution in [0.1, 0.15) is 11.1 Å². The first kappa shape index (κ1) is 19.5. The molecule has 0 saturated heterocycles. The smallest absolute Gasteiger partial charge is 0.198 e. The van der Waals surface area contributed by atoms with Crippen LogP contribution in [0.4, 0.5) is 0 Å². The Morgan fingerprint density at radius 1 is 0.962 bits per heavy atom. The zero-order valence-corrected chi connectivity index (χ0v) is 17.5. The highest BCUT2D eigenvalue weighted by Crippen LogP contribution is 2.19. The first-order valence-corrected chi connectivity index (χ1v) is 10.6. The molecular weight excluding hydrogens is 405 g/mol. The van der Waals surface area contributed by atoms with Crippen molar-refractivity contribution in [3.8, 4) is 0 Å². The van der Waals surface area contributed by atoms with Gasteiger partial charge < -0.3 is 9.80 Å². The molecule has 0 aromatic heterocycles. The first-order chi connectivity index (χ1) is 12.5. The van der Waals surface area contributed by atoms with Gasteiger partial charge in [0.05, 0.1) is 0 Å². The number of thiocarbonyl (C=S) groups is 1. The molecule has 7 heteroatoms. The molecule has 1 heterocycles. The van der Waals surface area contributed by atoms with E-state index in [2.05, 4.69) is 21.9 Å². The lowest BCUT2D eigenvalue weighted by atomic mass is 10.2. The standard InChI is InChI=1S/C19H19Cl2N3S2/c1-26-19-22-18(25)23(12-14-4-2-6-16(20)10-14)8-9-24(19)13-15-5-3-7-17(21)11-15/h2-7,10-11H,8-9,12-13H2,1H3. The topological polar surface area (TPSA) is 18.8 Å². The Morgan fingerprint density at radius 3 is 2.04 bits per heavy atom. The average molecular weight is 424 g/mol. The van der Waals surface area contributed by atoms with Gasteiger partial charge in [-0.05, 0) is 53.9 Å². The molecule has 1 aliphatic rings. The fourth-order valence-corrected chi connectivity index (χ4v) is 4.15. The van der Waals surface area contributed by atoms with E-state index in [0.29, 0.717) is 11.7 Å². The number of hydrogen-bond donors (Lipinski definition) is 0. The van der Waals surface area contributed by atoms with E-state index in [1.807, 2.05) is 42.7 Å². The molecule has 0 saturated carbocycles. The fourth-order valence-electron chi connectivity index (χ4n) is 2.84. The van der Waals surface area contributed by atoms with Gasteiger partial charge in [-0.15, -0.1) is 0 Å². The lowest BCUT2D eigenvalue weighted by molar-refractivity contribution is 0.345. The molecule has 0 unspecified atom stereocenters. The quantitative estimate of drug-likeness (QED) is 0.619. The van der Waals surface area contributed by atoms with E-state index in [9.17, 15) is 0 Å². The summed E-state index contributed by atoms with van der Waals surface area (Å²) in [5, 5.41) is 3.03. The predicted octanol–water partition coefficient (Wildman–Crippen LogP) is 5.32. The molecule has 0 fully saturated rings. The predicted molar refractivity (Wildman–Crippen MR) is 117 cm³/mol. The number of thioether (sulfide) groups is 1. The molecule has 0 aliphatic carbocycles. The van der Waals surface area contributed by atoms with E-state index in [0.717, 1.165) is 46.0 Å². The van der Waals surface area contributed by atoms with E-state index >= 15 is 0 Å². The van der Waals surface area contributed by atoms with Crippen molar-refractivity contribution in [1.29, 1.82) is 0 Å². The Hall–Kier alpha value is -1.27. The van der Waals surface area contributed by atoms with Gasteiger partial charge in [0.25, 0.3) is 0 Å². The van der Waals surface area contributed by atoms with Crippen molar-refractivity contribution >= 4 is 57.5 Å². The molecular formula is C19H19Cl2N3S2. The van der Waals surface area contributed by atoms with Gasteiger partial charge in [0.15, 0.2) is 10.3 Å². The van der Waals surface area contributed by atoms with Crippen molar-refractivity contribution in [3.05, 3.63) is 69.7 Å². The number of rotatable bonds is 4. The normalized spacial score (nSPS) is 15.0. The largest absolute Gasteiger partial charge is 0.345 e. The summed E-state index contributed by atoms with van der Waals surface area (Å²) in [5.41, 5.74) is 2.29. The molecule has 2 aromatic carbocycles. The second-order valence-corrected chi connectivity index (χ2v) is 8.00. The maximum Gasteiger partial charge on any atom is 0.198 e. The number of aliphatic imine (C=N–C) groups is 1. The van der Waals surface area contributed by atoms with Gasteiger partial charge in [0.1, 0.15) is 0 Å². The molecule has 136 valence electrons. The zero-order chi connectivity index (χ0) is 18.5. The van der Waals surface area contributed by atoms with E-state index < -0.39 is 0 Å². The molecule has 0 spiro atoms. The summed E-state index contributed by atoms with van der Waals surface area (Å²) in [6.07, 6.45) is 2.03. The fraction of sp³-hybridized carbons (Fsp3) is 0.263. The van der Waals surface area contributed by atoms with Crippen LogP contribution in [0.3, 0.4) is 0 Å². The summed E-state index contributed by atoms with van der Waals surface area (Å²) < 4.78 is 0. The van der Waals surface area contributed by atoms with Crippen LogP contribution >= 0.6 is 47.2 Å². The third-order valence-corrected chi connectivity index (χ3v) is 5.61. The average Bonchev–Trinajstić information content (AvgIpc) is 2.75. The van der Waals surface area contributed by atoms with Gasteiger partial charge in [0.2, 0.25) is 0 Å². The van der Waals surface area contributed by atoms with Gasteiger partial charge in [-0.1, -0.05) is 59.2 Å². The minimum atomic E-state index is 0.614. The number of benzene rings is 2. The summed E-state index contributed by atoms with van der Waals surface area (Å²) in [7, 11) is 0. The van der Waals surface area contributed by atoms with Crippen LogP contribution in [0.5, 0.6) is 0 Å². The van der Waals surface area contributed by atoms with Gasteiger partial charge in [0, 0.05) is 36.2 Å². The van der Waals surface area contributed by atoms with Crippen LogP contribution in [-0.4, -0.2) is 39.4 Å². The van der Waals surface area contributed by atoms with Crippen LogP contribution in [0.25, 0.3) is 0 Å². The molecule has 0 amide bonds. The summed E-state index contributed by atoms with van der Waals surface area (Å²) in [5.74, 6) is 0. The van der Waals surface area contributed by atoms with Gasteiger partial charge in [-0.2, -0.15) is 4.99 Å². The summed E-state index contributed by atoms with van der Waals surface area (Å²) in [6, 6.07) is 15.8. The van der Waals surface area contributed by atoms with E-state index in [4.69, 9.17) is 40.4 Å². The van der Waals surface area contributed by atoms with Gasteiger partial charge in [-0.25, -0.2) is 0 Å². The van der Waals surface area contributed by atoms with Gasteiger partial charge >= 0.3 is 0 Å². The Bertz CT molecular complexity index is 826. The van der Waals surface area contributed by atoms with Crippen LogP contribution in [0, 0.1) is 0 Å². The third kappa shape index (κ3) is 5.13. The maximum absolute atomic E-state index is 6.12. The number of halogens is 2. The maximum atomic E-state index is 6.12. The van der Waals surface area contributed by atoms with Crippen LogP contribution in [0.2, 0.25) is 10.0 Å². The molecule has 1 aliphatic heterocycles. The second kappa shape index (κ2) is 9.09. The lowest BCUT2D eigenvalue weighted by Gasteiger charge is -2.25. The van der Waals surface area contributed by atoms with Crippen molar-refractivity contribution in [2.75, 3.05) is 19.3 Å². The number of nitrogens with zero attached hydrogens (tertiary/aromatic N) is 3. The zero-order valence-electron chi connectivity index (χ0n) is 14.4. The molecule has 0 atom stereocenters. The molecule has 0 N–H and O–H groups in total. The van der Waals surface area contributed by atoms with Crippen molar-refractivity contribution in [2.24, 2.45) is 4.99 Å². The van der Waals surface area contributed by atoms with E-state index in [1.54, 1.807) is 11.8 Å². The molecule has 3 nitrogen and oxygen atoms in total. The lowest BCUT2D eigenvalue weighted by Crippen LogP contribution is -2.34. The Kier molecular flexibility index (Phi) is 6.81. The van der Waals surface area contributed by atoms with E-state index in [-0.39, 0.29) is 0 Å². The van der Waals surface area contributed by atoms with Crippen molar-refractivity contribution in [1.82, 2.24) is 9.80 Å². The minimum Gasteiger partial charge on any atom is -0.345 e. The molecule has 26 heavy (non-hydrogen) atoms. The van der Waals surface area contributed by atoms with E-state index in [1.165, 1.54) is 0 Å². The summed E-state index contributed by atoms with van der Waals surface area (Å²) >= 11 is 19.4. The summed E-state index contributed by atoms with van der Waals surface area (Å²) in [4.78, 5) is 9.06. The van der Waals surface area contributed by atoms with Crippen LogP contribution < -0.4 is 0 Å².